The average Bonchev–Trinajstić information content (AvgIpc) is 2.65. The van der Waals surface area contributed by atoms with E-state index in [1.807, 2.05) is 25.1 Å². The topological polar surface area (TPSA) is 60.4 Å². The quantitative estimate of drug-likeness (QED) is 0.211. The Hall–Kier alpha value is -2.02. The van der Waals surface area contributed by atoms with Gasteiger partial charge in [-0.05, 0) is 37.5 Å². The highest BCUT2D eigenvalue weighted by atomic mass is 32.2. The number of benzene rings is 2. The van der Waals surface area contributed by atoms with Crippen LogP contribution in [0.15, 0.2) is 70.8 Å². The molecule has 0 unspecified atom stereocenters. The summed E-state index contributed by atoms with van der Waals surface area (Å²) in [7, 11) is -5.63. The van der Waals surface area contributed by atoms with E-state index in [2.05, 4.69) is 30.9 Å². The Morgan fingerprint density at radius 1 is 1.04 bits per heavy atom. The van der Waals surface area contributed by atoms with Gasteiger partial charge in [-0.25, -0.2) is 0 Å². The highest BCUT2D eigenvalue weighted by Gasteiger charge is 2.21. The van der Waals surface area contributed by atoms with Gasteiger partial charge in [0.25, 0.3) is 10.1 Å². The van der Waals surface area contributed by atoms with Crippen LogP contribution in [-0.4, -0.2) is 29.4 Å². The third-order valence-electron chi connectivity index (χ3n) is 4.37. The Morgan fingerprint density at radius 2 is 1.67 bits per heavy atom. The van der Waals surface area contributed by atoms with Crippen LogP contribution in [0.4, 0.5) is 0 Å². The predicted octanol–water partition coefficient (Wildman–Crippen LogP) is 3.76. The monoisotopic (exact) mass is 402 g/mol. The molecular formula is C21H26O4SSi. The number of rotatable bonds is 9. The number of allylic oxidation sites excluding steroid dienone is 1. The maximum Gasteiger partial charge on any atom is 0.296 e. The van der Waals surface area contributed by atoms with Crippen molar-refractivity contribution in [2.75, 3.05) is 6.61 Å². The molecule has 0 fully saturated rings. The molecule has 0 saturated heterocycles. The molecule has 0 radical (unpaired) electrons. The molecule has 0 aliphatic rings. The Balaban J connectivity index is 1.94. The van der Waals surface area contributed by atoms with Crippen molar-refractivity contribution in [3.63, 3.8) is 0 Å². The minimum absolute atomic E-state index is 0.0503. The molecule has 2 aromatic carbocycles. The summed E-state index contributed by atoms with van der Waals surface area (Å²) < 4.78 is 29.4. The first kappa shape index (κ1) is 21.3. The standard InChI is InChI=1S/C21H26O4SSi/c1-18-11-13-20(14-12-18)26(23,24)25-15-7-8-19(16-22)17-27(2,3)21-9-5-4-6-10-21/h4-6,9-14,16-17H,7-8,15H2,1-3H3/b19-17-. The molecule has 0 spiro atoms. The van der Waals surface area contributed by atoms with E-state index >= 15 is 0 Å². The molecule has 0 bridgehead atoms. The van der Waals surface area contributed by atoms with Gasteiger partial charge in [0.2, 0.25) is 0 Å². The van der Waals surface area contributed by atoms with Crippen LogP contribution in [0.5, 0.6) is 0 Å². The van der Waals surface area contributed by atoms with Crippen LogP contribution in [0.25, 0.3) is 0 Å². The van der Waals surface area contributed by atoms with Gasteiger partial charge in [-0.15, -0.1) is 0 Å². The van der Waals surface area contributed by atoms with E-state index in [1.165, 1.54) is 17.3 Å². The largest absolute Gasteiger partial charge is 0.298 e. The van der Waals surface area contributed by atoms with Crippen LogP contribution < -0.4 is 5.19 Å². The lowest BCUT2D eigenvalue weighted by molar-refractivity contribution is -0.105. The zero-order valence-electron chi connectivity index (χ0n) is 16.0. The minimum atomic E-state index is -3.76. The number of carbonyl (C=O) groups is 1. The van der Waals surface area contributed by atoms with Gasteiger partial charge in [-0.3, -0.25) is 8.98 Å². The molecule has 0 heterocycles. The predicted molar refractivity (Wildman–Crippen MR) is 111 cm³/mol. The molecule has 0 atom stereocenters. The van der Waals surface area contributed by atoms with Crippen molar-refractivity contribution >= 4 is 29.7 Å². The van der Waals surface area contributed by atoms with Crippen LogP contribution in [-0.2, 0) is 19.1 Å². The Kier molecular flexibility index (Phi) is 7.30. The summed E-state index contributed by atoms with van der Waals surface area (Å²) in [5.41, 5.74) is 3.76. The summed E-state index contributed by atoms with van der Waals surface area (Å²) in [5, 5.41) is 1.25. The zero-order valence-corrected chi connectivity index (χ0v) is 17.8. The zero-order chi connectivity index (χ0) is 19.9. The first-order valence-electron chi connectivity index (χ1n) is 8.93. The molecule has 0 saturated carbocycles. The molecule has 144 valence electrons. The van der Waals surface area contributed by atoms with E-state index in [-0.39, 0.29) is 11.5 Å². The second-order valence-electron chi connectivity index (χ2n) is 7.12. The molecule has 0 aromatic heterocycles. The van der Waals surface area contributed by atoms with Gasteiger partial charge in [0, 0.05) is 0 Å². The first-order chi connectivity index (χ1) is 12.7. The fourth-order valence-electron chi connectivity index (χ4n) is 2.80. The van der Waals surface area contributed by atoms with Crippen LogP contribution >= 0.6 is 0 Å². The number of aldehydes is 1. The smallest absolute Gasteiger partial charge is 0.296 e. The van der Waals surface area contributed by atoms with Crippen LogP contribution in [0, 0.1) is 6.92 Å². The second kappa shape index (κ2) is 9.26. The van der Waals surface area contributed by atoms with Crippen molar-refractivity contribution in [2.24, 2.45) is 0 Å². The fourth-order valence-corrected chi connectivity index (χ4v) is 6.10. The van der Waals surface area contributed by atoms with Crippen molar-refractivity contribution in [3.05, 3.63) is 71.4 Å². The molecule has 4 nitrogen and oxygen atoms in total. The van der Waals surface area contributed by atoms with Gasteiger partial charge in [0.1, 0.15) is 14.4 Å². The number of hydrogen-bond donors (Lipinski definition) is 0. The number of aryl methyl sites for hydroxylation is 1. The molecule has 27 heavy (non-hydrogen) atoms. The summed E-state index contributed by atoms with van der Waals surface area (Å²) in [6.07, 6.45) is 1.83. The molecule has 0 amide bonds. The van der Waals surface area contributed by atoms with E-state index < -0.39 is 18.2 Å². The summed E-state index contributed by atoms with van der Waals surface area (Å²) in [6, 6.07) is 16.7. The molecular weight excluding hydrogens is 376 g/mol. The lowest BCUT2D eigenvalue weighted by atomic mass is 10.2. The first-order valence-corrected chi connectivity index (χ1v) is 13.4. The van der Waals surface area contributed by atoms with E-state index in [4.69, 9.17) is 4.18 Å². The molecule has 6 heteroatoms. The summed E-state index contributed by atoms with van der Waals surface area (Å²) >= 11 is 0. The van der Waals surface area contributed by atoms with E-state index in [0.29, 0.717) is 18.4 Å². The van der Waals surface area contributed by atoms with Gasteiger partial charge >= 0.3 is 0 Å². The lowest BCUT2D eigenvalue weighted by Crippen LogP contribution is -2.39. The summed E-state index contributed by atoms with van der Waals surface area (Å²) in [4.78, 5) is 11.6. The maximum absolute atomic E-state index is 12.2. The molecule has 0 aliphatic heterocycles. The maximum atomic E-state index is 12.2. The number of hydrogen-bond acceptors (Lipinski definition) is 4. The van der Waals surface area contributed by atoms with Gasteiger partial charge in [0.15, 0.2) is 0 Å². The minimum Gasteiger partial charge on any atom is -0.298 e. The van der Waals surface area contributed by atoms with Crippen molar-refractivity contribution in [3.8, 4) is 0 Å². The van der Waals surface area contributed by atoms with Crippen LogP contribution in [0.2, 0.25) is 13.1 Å². The van der Waals surface area contributed by atoms with E-state index in [9.17, 15) is 13.2 Å². The van der Waals surface area contributed by atoms with Crippen molar-refractivity contribution in [2.45, 2.75) is 37.8 Å². The van der Waals surface area contributed by atoms with Gasteiger partial charge in [0.05, 0.1) is 11.5 Å². The van der Waals surface area contributed by atoms with Crippen molar-refractivity contribution < 1.29 is 17.4 Å². The SMILES string of the molecule is Cc1ccc(S(=O)(=O)OCCC/C(C=O)=C/[Si](C)(C)c2ccccc2)cc1. The van der Waals surface area contributed by atoms with Gasteiger partial charge in [-0.1, -0.05) is 72.0 Å². The van der Waals surface area contributed by atoms with Gasteiger partial charge in [-0.2, -0.15) is 8.42 Å². The molecule has 2 aromatic rings. The van der Waals surface area contributed by atoms with Crippen molar-refractivity contribution in [1.29, 1.82) is 0 Å². The summed E-state index contributed by atoms with van der Waals surface area (Å²) in [5.74, 6) is 0. The highest BCUT2D eigenvalue weighted by Crippen LogP contribution is 2.15. The third kappa shape index (κ3) is 6.27. The van der Waals surface area contributed by atoms with E-state index in [0.717, 1.165) is 11.8 Å². The molecule has 2 rings (SSSR count). The fraction of sp³-hybridized carbons (Fsp3) is 0.286. The third-order valence-corrected chi connectivity index (χ3v) is 8.61. The number of carbonyl (C=O) groups excluding carboxylic acids is 1. The lowest BCUT2D eigenvalue weighted by Gasteiger charge is -2.19. The Labute approximate surface area is 163 Å². The van der Waals surface area contributed by atoms with Crippen LogP contribution in [0.1, 0.15) is 18.4 Å². The Bertz CT molecular complexity index is 886. The van der Waals surface area contributed by atoms with Gasteiger partial charge < -0.3 is 0 Å². The summed E-state index contributed by atoms with van der Waals surface area (Å²) in [6.45, 7) is 6.31. The second-order valence-corrected chi connectivity index (χ2v) is 13.0. The van der Waals surface area contributed by atoms with Crippen LogP contribution in [0.3, 0.4) is 0 Å². The molecule has 0 aliphatic carbocycles. The normalized spacial score (nSPS) is 12.8. The highest BCUT2D eigenvalue weighted by molar-refractivity contribution is 7.86. The molecule has 0 N–H and O–H groups in total. The van der Waals surface area contributed by atoms with Crippen molar-refractivity contribution in [1.82, 2.24) is 0 Å². The Morgan fingerprint density at radius 3 is 2.26 bits per heavy atom. The average molecular weight is 403 g/mol. The van der Waals surface area contributed by atoms with E-state index in [1.54, 1.807) is 12.1 Å².